The number of benzene rings is 2. The van der Waals surface area contributed by atoms with E-state index in [1.807, 2.05) is 65.8 Å². The van der Waals surface area contributed by atoms with Crippen LogP contribution >= 0.6 is 0 Å². The molecule has 0 saturated heterocycles. The number of ether oxygens (including phenoxy) is 1. The Bertz CT molecular complexity index is 1290. The van der Waals surface area contributed by atoms with E-state index >= 15 is 0 Å². The maximum atomic E-state index is 13.5. The van der Waals surface area contributed by atoms with Gasteiger partial charge in [0.15, 0.2) is 6.10 Å². The summed E-state index contributed by atoms with van der Waals surface area (Å²) in [6, 6.07) is 8.08. The lowest BCUT2D eigenvalue weighted by Gasteiger charge is -2.35. The molecule has 7 heteroatoms. The van der Waals surface area contributed by atoms with Crippen molar-refractivity contribution >= 4 is 16.0 Å². The van der Waals surface area contributed by atoms with Crippen LogP contribution in [0.1, 0.15) is 92.4 Å². The number of carboxylic acids is 1. The average Bonchev–Trinajstić information content (AvgIpc) is 2.85. The van der Waals surface area contributed by atoms with E-state index in [1.165, 1.54) is 6.42 Å². The van der Waals surface area contributed by atoms with Gasteiger partial charge < -0.3 is 9.84 Å². The molecule has 0 bridgehead atoms. The maximum Gasteiger partial charge on any atom is 0.337 e. The third-order valence-electron chi connectivity index (χ3n) is 8.13. The van der Waals surface area contributed by atoms with Crippen LogP contribution in [0.5, 0.6) is 0 Å². The number of hydrogen-bond donors (Lipinski definition) is 1. The van der Waals surface area contributed by atoms with Crippen molar-refractivity contribution < 1.29 is 23.1 Å². The molecular weight excluding hydrogens is 498 g/mol. The molecule has 4 rings (SSSR count). The molecule has 2 aromatic carbocycles. The fourth-order valence-electron chi connectivity index (χ4n) is 6.20. The molecule has 1 aliphatic heterocycles. The molecule has 0 spiro atoms. The number of carbonyl (C=O) groups is 1. The Kier molecular flexibility index (Phi) is 8.41. The van der Waals surface area contributed by atoms with E-state index in [0.29, 0.717) is 25.1 Å². The predicted octanol–water partition coefficient (Wildman–Crippen LogP) is 6.49. The minimum atomic E-state index is -3.39. The summed E-state index contributed by atoms with van der Waals surface area (Å²) in [5.74, 6) is -0.554. The second-order valence-corrected chi connectivity index (χ2v) is 14.2. The number of nitrogens with zero attached hydrogens (tertiary/aromatic N) is 1. The van der Waals surface area contributed by atoms with E-state index < -0.39 is 27.7 Å². The summed E-state index contributed by atoms with van der Waals surface area (Å²) >= 11 is 0. The van der Waals surface area contributed by atoms with Crippen LogP contribution < -0.4 is 0 Å². The minimum Gasteiger partial charge on any atom is -0.479 e. The van der Waals surface area contributed by atoms with Crippen LogP contribution in [0, 0.1) is 26.7 Å². The van der Waals surface area contributed by atoms with Gasteiger partial charge in [-0.05, 0) is 100 Å². The van der Waals surface area contributed by atoms with Gasteiger partial charge in [0, 0.05) is 18.7 Å². The summed E-state index contributed by atoms with van der Waals surface area (Å²) in [5, 5.41) is 10.3. The molecule has 208 valence electrons. The maximum absolute atomic E-state index is 13.5. The molecule has 38 heavy (non-hydrogen) atoms. The Hall–Kier alpha value is -2.22. The lowest BCUT2D eigenvalue weighted by molar-refractivity contribution is -0.160. The number of aryl methyl sites for hydroxylation is 1. The van der Waals surface area contributed by atoms with Crippen molar-refractivity contribution in [3.8, 4) is 11.1 Å². The van der Waals surface area contributed by atoms with Crippen molar-refractivity contribution in [1.29, 1.82) is 0 Å². The van der Waals surface area contributed by atoms with Crippen LogP contribution in [0.2, 0.25) is 0 Å². The Balaban J connectivity index is 1.83. The molecule has 1 N–H and O–H groups in total. The van der Waals surface area contributed by atoms with Crippen LogP contribution in [-0.4, -0.2) is 41.7 Å². The SMILES string of the molecule is Cc1ccc(-c2c(C)c3c(c(C)c2C(OC(C)(C)C)C(=O)O)CCN(S(=O)(=O)CC2CCCCC2)C3)cc1. The van der Waals surface area contributed by atoms with Crippen molar-refractivity contribution in [2.75, 3.05) is 12.3 Å². The van der Waals surface area contributed by atoms with E-state index in [-0.39, 0.29) is 11.7 Å². The fourth-order valence-corrected chi connectivity index (χ4v) is 8.04. The van der Waals surface area contributed by atoms with Crippen molar-refractivity contribution in [2.24, 2.45) is 5.92 Å². The fraction of sp³-hybridized carbons (Fsp3) is 0.581. The highest BCUT2D eigenvalue weighted by Gasteiger charge is 2.37. The Labute approximate surface area is 228 Å². The lowest BCUT2D eigenvalue weighted by Crippen LogP contribution is -2.40. The smallest absolute Gasteiger partial charge is 0.337 e. The summed E-state index contributed by atoms with van der Waals surface area (Å²) < 4.78 is 34.8. The molecule has 1 aliphatic carbocycles. The molecule has 2 aromatic rings. The predicted molar refractivity (Wildman–Crippen MR) is 152 cm³/mol. The topological polar surface area (TPSA) is 83.9 Å². The summed E-state index contributed by atoms with van der Waals surface area (Å²) in [6.07, 6.45) is 4.85. The highest BCUT2D eigenvalue weighted by Crippen LogP contribution is 2.43. The first kappa shape index (κ1) is 28.8. The molecule has 1 fully saturated rings. The molecule has 1 unspecified atom stereocenters. The first-order chi connectivity index (χ1) is 17.8. The van der Waals surface area contributed by atoms with Gasteiger partial charge in [0.25, 0.3) is 0 Å². The molecule has 1 atom stereocenters. The zero-order chi connectivity index (χ0) is 27.8. The van der Waals surface area contributed by atoms with Crippen LogP contribution in [-0.2, 0) is 32.5 Å². The lowest BCUT2D eigenvalue weighted by atomic mass is 9.80. The van der Waals surface area contributed by atoms with Crippen LogP contribution in [0.4, 0.5) is 0 Å². The molecule has 1 heterocycles. The van der Waals surface area contributed by atoms with Gasteiger partial charge in [-0.1, -0.05) is 49.1 Å². The summed E-state index contributed by atoms with van der Waals surface area (Å²) in [6.45, 7) is 12.3. The average molecular weight is 542 g/mol. The number of aliphatic carboxylic acids is 1. The number of sulfonamides is 1. The Morgan fingerprint density at radius 2 is 1.66 bits per heavy atom. The molecule has 1 saturated carbocycles. The first-order valence-corrected chi connectivity index (χ1v) is 15.5. The first-order valence-electron chi connectivity index (χ1n) is 13.9. The van der Waals surface area contributed by atoms with Gasteiger partial charge in [-0.2, -0.15) is 4.31 Å². The molecule has 2 aliphatic rings. The van der Waals surface area contributed by atoms with E-state index in [2.05, 4.69) is 0 Å². The number of fused-ring (bicyclic) bond motifs is 1. The molecule has 0 radical (unpaired) electrons. The van der Waals surface area contributed by atoms with E-state index in [4.69, 9.17) is 4.74 Å². The van der Waals surface area contributed by atoms with Gasteiger partial charge in [-0.3, -0.25) is 0 Å². The second kappa shape index (κ2) is 11.1. The zero-order valence-electron chi connectivity index (χ0n) is 23.8. The molecular formula is C31H43NO5S. The zero-order valence-corrected chi connectivity index (χ0v) is 24.6. The van der Waals surface area contributed by atoms with Crippen LogP contribution in [0.15, 0.2) is 24.3 Å². The van der Waals surface area contributed by atoms with E-state index in [9.17, 15) is 18.3 Å². The number of carboxylic acid groups (broad SMARTS) is 1. The monoisotopic (exact) mass is 541 g/mol. The van der Waals surface area contributed by atoms with Gasteiger partial charge in [-0.25, -0.2) is 13.2 Å². The van der Waals surface area contributed by atoms with Gasteiger partial charge in [0.2, 0.25) is 10.0 Å². The minimum absolute atomic E-state index is 0.226. The van der Waals surface area contributed by atoms with Gasteiger partial charge in [-0.15, -0.1) is 0 Å². The van der Waals surface area contributed by atoms with Gasteiger partial charge in [0.1, 0.15) is 0 Å². The number of hydrogen-bond acceptors (Lipinski definition) is 4. The highest BCUT2D eigenvalue weighted by molar-refractivity contribution is 7.89. The van der Waals surface area contributed by atoms with E-state index in [0.717, 1.165) is 64.6 Å². The molecule has 0 aromatic heterocycles. The standard InChI is InChI=1S/C31H43NO5S/c1-20-12-14-24(15-13-20)27-22(3)26-18-32(38(35,36)19-23-10-8-7-9-11-23)17-16-25(26)21(2)28(27)29(30(33)34)37-31(4,5)6/h12-15,23,29H,7-11,16-19H2,1-6H3,(H,33,34). The number of rotatable bonds is 7. The second-order valence-electron chi connectivity index (χ2n) is 12.2. The van der Waals surface area contributed by atoms with Gasteiger partial charge >= 0.3 is 5.97 Å². The molecule has 6 nitrogen and oxygen atoms in total. The summed E-state index contributed by atoms with van der Waals surface area (Å²) in [7, 11) is -3.39. The van der Waals surface area contributed by atoms with Crippen molar-refractivity contribution in [3.63, 3.8) is 0 Å². The summed E-state index contributed by atoms with van der Waals surface area (Å²) in [4.78, 5) is 12.6. The Morgan fingerprint density at radius 3 is 2.24 bits per heavy atom. The largest absolute Gasteiger partial charge is 0.479 e. The third kappa shape index (κ3) is 6.16. The Morgan fingerprint density at radius 1 is 1.03 bits per heavy atom. The molecule has 0 amide bonds. The van der Waals surface area contributed by atoms with Gasteiger partial charge in [0.05, 0.1) is 11.4 Å². The van der Waals surface area contributed by atoms with Crippen molar-refractivity contribution in [1.82, 2.24) is 4.31 Å². The van der Waals surface area contributed by atoms with Crippen LogP contribution in [0.25, 0.3) is 11.1 Å². The highest BCUT2D eigenvalue weighted by atomic mass is 32.2. The van der Waals surface area contributed by atoms with Crippen molar-refractivity contribution in [2.45, 2.75) is 98.3 Å². The quantitative estimate of drug-likeness (QED) is 0.433. The normalized spacial score (nSPS) is 18.3. The summed E-state index contributed by atoms with van der Waals surface area (Å²) in [5.41, 5.74) is 6.77. The van der Waals surface area contributed by atoms with Crippen LogP contribution in [0.3, 0.4) is 0 Å². The van der Waals surface area contributed by atoms with Crippen molar-refractivity contribution in [3.05, 3.63) is 57.6 Å². The third-order valence-corrected chi connectivity index (χ3v) is 10.1. The van der Waals surface area contributed by atoms with E-state index in [1.54, 1.807) is 4.31 Å².